The van der Waals surface area contributed by atoms with E-state index in [1.54, 1.807) is 0 Å². The molecule has 2 fully saturated rings. The Labute approximate surface area is 135 Å². The molecule has 1 atom stereocenters. The van der Waals surface area contributed by atoms with Gasteiger partial charge in [-0.3, -0.25) is 4.79 Å². The third kappa shape index (κ3) is 5.11. The molecule has 4 nitrogen and oxygen atoms in total. The predicted octanol–water partition coefficient (Wildman–Crippen LogP) is 2.88. The Morgan fingerprint density at radius 1 is 1.19 bits per heavy atom. The third-order valence-electron chi connectivity index (χ3n) is 4.69. The molecule has 0 bridgehead atoms. The third-order valence-corrected chi connectivity index (χ3v) is 4.69. The topological polar surface area (TPSA) is 55.6 Å². The molecule has 2 N–H and O–H groups in total. The summed E-state index contributed by atoms with van der Waals surface area (Å²) in [5, 5.41) is 0. The van der Waals surface area contributed by atoms with E-state index in [0.717, 1.165) is 71.1 Å². The molecule has 0 radical (unpaired) electrons. The lowest BCUT2D eigenvalue weighted by Crippen LogP contribution is -2.56. The first kappa shape index (κ1) is 18.7. The molecule has 2 rings (SSSR count). The lowest BCUT2D eigenvalue weighted by molar-refractivity contribution is -0.138. The first-order chi connectivity index (χ1) is 9.65. The molecular formula is C16H31ClN2O2. The van der Waals surface area contributed by atoms with Crippen LogP contribution in [0.1, 0.15) is 64.7 Å². The predicted molar refractivity (Wildman–Crippen MR) is 87.7 cm³/mol. The van der Waals surface area contributed by atoms with Crippen LogP contribution in [0.2, 0.25) is 0 Å². The number of carbonyl (C=O) groups is 1. The van der Waals surface area contributed by atoms with Gasteiger partial charge in [-0.2, -0.15) is 0 Å². The largest absolute Gasteiger partial charge is 0.378 e. The minimum atomic E-state index is -0.581. The van der Waals surface area contributed by atoms with E-state index >= 15 is 0 Å². The maximum atomic E-state index is 12.7. The number of rotatable bonds is 4. The summed E-state index contributed by atoms with van der Waals surface area (Å²) in [4.78, 5) is 14.7. The Kier molecular flexibility index (Phi) is 7.99. The minimum absolute atomic E-state index is 0. The number of nitrogens with two attached hydrogens (primary N) is 1. The average Bonchev–Trinajstić information content (AvgIpc) is 2.70. The molecule has 1 saturated carbocycles. The number of hydrogen-bond donors (Lipinski definition) is 1. The van der Waals surface area contributed by atoms with E-state index in [0.29, 0.717) is 6.10 Å². The summed E-state index contributed by atoms with van der Waals surface area (Å²) in [6.45, 7) is 4.63. The van der Waals surface area contributed by atoms with Crippen LogP contribution in [0.4, 0.5) is 0 Å². The van der Waals surface area contributed by atoms with E-state index in [9.17, 15) is 4.79 Å². The molecule has 1 saturated heterocycles. The van der Waals surface area contributed by atoms with Crippen LogP contribution in [0.5, 0.6) is 0 Å². The van der Waals surface area contributed by atoms with Crippen LogP contribution < -0.4 is 5.73 Å². The lowest BCUT2D eigenvalue weighted by atomic mass is 9.81. The fourth-order valence-electron chi connectivity index (χ4n) is 3.43. The van der Waals surface area contributed by atoms with Gasteiger partial charge < -0.3 is 15.4 Å². The molecule has 0 aromatic carbocycles. The molecule has 1 amide bonds. The summed E-state index contributed by atoms with van der Waals surface area (Å²) >= 11 is 0. The first-order valence-corrected chi connectivity index (χ1v) is 8.35. The Bertz CT molecular complexity index is 319. The van der Waals surface area contributed by atoms with E-state index in [1.165, 1.54) is 6.42 Å². The highest BCUT2D eigenvalue weighted by atomic mass is 35.5. The number of amides is 1. The Morgan fingerprint density at radius 3 is 2.57 bits per heavy atom. The minimum Gasteiger partial charge on any atom is -0.378 e. The number of likely N-dealkylation sites (tertiary alicyclic amines) is 1. The van der Waals surface area contributed by atoms with Gasteiger partial charge in [0, 0.05) is 19.7 Å². The quantitative estimate of drug-likeness (QED) is 0.867. The SMILES string of the molecule is CCCOC1CCCN(C(=O)C2(N)CCCCC2)CC1.Cl. The normalized spacial score (nSPS) is 25.8. The van der Waals surface area contributed by atoms with Crippen molar-refractivity contribution < 1.29 is 9.53 Å². The smallest absolute Gasteiger partial charge is 0.242 e. The van der Waals surface area contributed by atoms with Crippen molar-refractivity contribution in [2.75, 3.05) is 19.7 Å². The Morgan fingerprint density at radius 2 is 1.90 bits per heavy atom. The van der Waals surface area contributed by atoms with Gasteiger partial charge in [-0.15, -0.1) is 12.4 Å². The van der Waals surface area contributed by atoms with Gasteiger partial charge in [-0.05, 0) is 38.5 Å². The molecule has 1 aliphatic carbocycles. The molecular weight excluding hydrogens is 288 g/mol. The van der Waals surface area contributed by atoms with Crippen molar-refractivity contribution >= 4 is 18.3 Å². The van der Waals surface area contributed by atoms with E-state index in [2.05, 4.69) is 6.92 Å². The van der Waals surface area contributed by atoms with Crippen molar-refractivity contribution in [2.45, 2.75) is 76.4 Å². The number of hydrogen-bond acceptors (Lipinski definition) is 3. The first-order valence-electron chi connectivity index (χ1n) is 8.35. The standard InChI is InChI=1S/C16H30N2O2.ClH/c1-2-13-20-14-7-6-11-18(12-8-14)15(19)16(17)9-4-3-5-10-16;/h14H,2-13,17H2,1H3;1H. The van der Waals surface area contributed by atoms with E-state index in [4.69, 9.17) is 10.5 Å². The summed E-state index contributed by atoms with van der Waals surface area (Å²) in [6, 6.07) is 0. The molecule has 0 aromatic rings. The van der Waals surface area contributed by atoms with Gasteiger partial charge >= 0.3 is 0 Å². The van der Waals surface area contributed by atoms with Crippen LogP contribution >= 0.6 is 12.4 Å². The van der Waals surface area contributed by atoms with Crippen LogP contribution in [-0.4, -0.2) is 42.1 Å². The maximum Gasteiger partial charge on any atom is 0.242 e. The number of ether oxygens (including phenoxy) is 1. The van der Waals surface area contributed by atoms with Gasteiger partial charge in [0.05, 0.1) is 11.6 Å². The van der Waals surface area contributed by atoms with Gasteiger partial charge in [0.15, 0.2) is 0 Å². The maximum absolute atomic E-state index is 12.7. The summed E-state index contributed by atoms with van der Waals surface area (Å²) in [6.07, 6.45) is 9.59. The highest BCUT2D eigenvalue weighted by molar-refractivity contribution is 5.86. The highest BCUT2D eigenvalue weighted by Gasteiger charge is 2.38. The molecule has 0 spiro atoms. The zero-order valence-corrected chi connectivity index (χ0v) is 14.1. The van der Waals surface area contributed by atoms with Crippen molar-refractivity contribution in [3.8, 4) is 0 Å². The molecule has 0 aromatic heterocycles. The number of halogens is 1. The van der Waals surface area contributed by atoms with Crippen molar-refractivity contribution in [1.29, 1.82) is 0 Å². The Balaban J connectivity index is 0.00000220. The summed E-state index contributed by atoms with van der Waals surface area (Å²) in [7, 11) is 0. The van der Waals surface area contributed by atoms with Gasteiger partial charge in [0.25, 0.3) is 0 Å². The van der Waals surface area contributed by atoms with Gasteiger partial charge in [-0.1, -0.05) is 26.2 Å². The van der Waals surface area contributed by atoms with Crippen molar-refractivity contribution in [3.63, 3.8) is 0 Å². The van der Waals surface area contributed by atoms with Crippen LogP contribution in [0.25, 0.3) is 0 Å². The molecule has 1 unspecified atom stereocenters. The fourth-order valence-corrected chi connectivity index (χ4v) is 3.43. The van der Waals surface area contributed by atoms with Gasteiger partial charge in [0.1, 0.15) is 0 Å². The molecule has 2 aliphatic rings. The molecule has 5 heteroatoms. The monoisotopic (exact) mass is 318 g/mol. The van der Waals surface area contributed by atoms with Crippen molar-refractivity contribution in [3.05, 3.63) is 0 Å². The van der Waals surface area contributed by atoms with Crippen LogP contribution in [0, 0.1) is 0 Å². The lowest BCUT2D eigenvalue weighted by Gasteiger charge is -2.36. The Hall–Kier alpha value is -0.320. The summed E-state index contributed by atoms with van der Waals surface area (Å²) in [5.41, 5.74) is 5.80. The number of nitrogens with zero attached hydrogens (tertiary/aromatic N) is 1. The van der Waals surface area contributed by atoms with E-state index in [1.807, 2.05) is 4.90 Å². The summed E-state index contributed by atoms with van der Waals surface area (Å²) < 4.78 is 5.84. The highest BCUT2D eigenvalue weighted by Crippen LogP contribution is 2.28. The van der Waals surface area contributed by atoms with Crippen molar-refractivity contribution in [1.82, 2.24) is 4.90 Å². The van der Waals surface area contributed by atoms with E-state index < -0.39 is 5.54 Å². The summed E-state index contributed by atoms with van der Waals surface area (Å²) in [5.74, 6) is 0.188. The second-order valence-electron chi connectivity index (χ2n) is 6.43. The molecule has 1 aliphatic heterocycles. The molecule has 124 valence electrons. The molecule has 1 heterocycles. The van der Waals surface area contributed by atoms with Crippen molar-refractivity contribution in [2.24, 2.45) is 5.73 Å². The van der Waals surface area contributed by atoms with Gasteiger partial charge in [0.2, 0.25) is 5.91 Å². The second-order valence-corrected chi connectivity index (χ2v) is 6.43. The van der Waals surface area contributed by atoms with Crippen LogP contribution in [0.3, 0.4) is 0 Å². The van der Waals surface area contributed by atoms with Gasteiger partial charge in [-0.25, -0.2) is 0 Å². The zero-order valence-electron chi connectivity index (χ0n) is 13.3. The van der Waals surface area contributed by atoms with Crippen LogP contribution in [-0.2, 0) is 9.53 Å². The van der Waals surface area contributed by atoms with Crippen LogP contribution in [0.15, 0.2) is 0 Å². The average molecular weight is 319 g/mol. The number of carbonyl (C=O) groups excluding carboxylic acids is 1. The molecule has 21 heavy (non-hydrogen) atoms. The zero-order chi connectivity index (χ0) is 14.4. The second kappa shape index (κ2) is 8.96. The van der Waals surface area contributed by atoms with E-state index in [-0.39, 0.29) is 18.3 Å². The fraction of sp³-hybridized carbons (Fsp3) is 0.938.